The summed E-state index contributed by atoms with van der Waals surface area (Å²) in [5.41, 5.74) is 6.06. The number of benzene rings is 2. The molecule has 0 atom stereocenters. The number of hydrogen-bond donors (Lipinski definition) is 0. The fraction of sp³-hybridized carbons (Fsp3) is 0.190. The van der Waals surface area contributed by atoms with Gasteiger partial charge in [0.1, 0.15) is 13.4 Å². The fourth-order valence-corrected chi connectivity index (χ4v) is 3.04. The van der Waals surface area contributed by atoms with E-state index >= 15 is 0 Å². The van der Waals surface area contributed by atoms with Crippen molar-refractivity contribution >= 4 is 17.2 Å². The Bertz CT molecular complexity index is 1110. The topological polar surface area (TPSA) is 66.5 Å². The molecule has 142 valence electrons. The van der Waals surface area contributed by atoms with Gasteiger partial charge in [-0.1, -0.05) is 23.4 Å². The molecule has 7 nitrogen and oxygen atoms in total. The zero-order chi connectivity index (χ0) is 19.3. The Labute approximate surface area is 162 Å². The lowest BCUT2D eigenvalue weighted by Crippen LogP contribution is -2.01. The van der Waals surface area contributed by atoms with E-state index in [4.69, 9.17) is 9.57 Å². The molecular formula is C21H21N5O2. The molecule has 0 aliphatic carbocycles. The summed E-state index contributed by atoms with van der Waals surface area (Å²) in [6, 6.07) is 16.2. The summed E-state index contributed by atoms with van der Waals surface area (Å²) in [5, 5.41) is 7.95. The lowest BCUT2D eigenvalue weighted by Gasteiger charge is -2.09. The van der Waals surface area contributed by atoms with Crippen molar-refractivity contribution in [3.8, 4) is 5.69 Å². The van der Waals surface area contributed by atoms with Crippen LogP contribution in [0, 0.1) is 0 Å². The van der Waals surface area contributed by atoms with Gasteiger partial charge >= 0.3 is 0 Å². The summed E-state index contributed by atoms with van der Waals surface area (Å²) in [5.74, 6) is 0. The number of nitrogens with zero attached hydrogens (tertiary/aromatic N) is 5. The highest BCUT2D eigenvalue weighted by atomic mass is 16.6. The number of aromatic nitrogens is 4. The molecule has 0 saturated carbocycles. The molecule has 0 aliphatic rings. The van der Waals surface area contributed by atoms with E-state index in [1.54, 1.807) is 12.4 Å². The van der Waals surface area contributed by atoms with E-state index in [9.17, 15) is 0 Å². The molecule has 0 aliphatic heterocycles. The number of hydrogen-bond acceptors (Lipinski definition) is 5. The van der Waals surface area contributed by atoms with Gasteiger partial charge in [-0.25, -0.2) is 4.98 Å². The first-order chi connectivity index (χ1) is 13.7. The summed E-state index contributed by atoms with van der Waals surface area (Å²) in [6.45, 7) is 1.06. The van der Waals surface area contributed by atoms with Crippen LogP contribution in [-0.4, -0.2) is 32.7 Å². The Morgan fingerprint density at radius 1 is 1.11 bits per heavy atom. The maximum absolute atomic E-state index is 5.85. The first-order valence-corrected chi connectivity index (χ1v) is 8.92. The van der Waals surface area contributed by atoms with E-state index in [1.165, 1.54) is 7.11 Å². The molecule has 28 heavy (non-hydrogen) atoms. The highest BCUT2D eigenvalue weighted by Crippen LogP contribution is 2.20. The van der Waals surface area contributed by atoms with Crippen LogP contribution in [-0.2, 0) is 29.8 Å². The van der Waals surface area contributed by atoms with Crippen LogP contribution < -0.4 is 0 Å². The van der Waals surface area contributed by atoms with Crippen molar-refractivity contribution in [3.05, 3.63) is 77.9 Å². The summed E-state index contributed by atoms with van der Waals surface area (Å²) in [6.07, 6.45) is 5.27. The Hall–Kier alpha value is -3.45. The molecule has 2 heterocycles. The van der Waals surface area contributed by atoms with Gasteiger partial charge in [0.25, 0.3) is 0 Å². The molecular weight excluding hydrogens is 354 g/mol. The van der Waals surface area contributed by atoms with Crippen LogP contribution in [0.2, 0.25) is 0 Å². The van der Waals surface area contributed by atoms with E-state index in [0.717, 1.165) is 33.5 Å². The monoisotopic (exact) mass is 375 g/mol. The molecule has 0 radical (unpaired) electrons. The van der Waals surface area contributed by atoms with Crippen LogP contribution in [0.1, 0.15) is 16.8 Å². The van der Waals surface area contributed by atoms with E-state index in [0.29, 0.717) is 13.2 Å². The summed E-state index contributed by atoms with van der Waals surface area (Å²) < 4.78 is 9.73. The van der Waals surface area contributed by atoms with Crippen LogP contribution >= 0.6 is 0 Å². The van der Waals surface area contributed by atoms with Crippen molar-refractivity contribution in [1.29, 1.82) is 0 Å². The van der Waals surface area contributed by atoms with Crippen LogP contribution in [0.5, 0.6) is 0 Å². The van der Waals surface area contributed by atoms with Gasteiger partial charge < -0.3 is 9.57 Å². The zero-order valence-electron chi connectivity index (χ0n) is 15.8. The normalized spacial score (nSPS) is 11.5. The second-order valence-corrected chi connectivity index (χ2v) is 6.39. The molecule has 4 aromatic rings. The first-order valence-electron chi connectivity index (χ1n) is 8.92. The van der Waals surface area contributed by atoms with Gasteiger partial charge in [-0.05, 0) is 41.5 Å². The minimum Gasteiger partial charge on any atom is -0.399 e. The molecule has 4 rings (SSSR count). The molecule has 2 aromatic heterocycles. The smallest absolute Gasteiger partial charge is 0.106 e. The maximum Gasteiger partial charge on any atom is 0.106 e. The predicted molar refractivity (Wildman–Crippen MR) is 107 cm³/mol. The van der Waals surface area contributed by atoms with Gasteiger partial charge in [0.15, 0.2) is 0 Å². The van der Waals surface area contributed by atoms with E-state index in [-0.39, 0.29) is 0 Å². The quantitative estimate of drug-likeness (QED) is 0.366. The fourth-order valence-electron chi connectivity index (χ4n) is 3.04. The van der Waals surface area contributed by atoms with Crippen molar-refractivity contribution < 1.29 is 9.57 Å². The Morgan fingerprint density at radius 2 is 2.04 bits per heavy atom. The number of aryl methyl sites for hydroxylation is 1. The number of rotatable bonds is 7. The lowest BCUT2D eigenvalue weighted by molar-refractivity contribution is 0.102. The highest BCUT2D eigenvalue weighted by molar-refractivity contribution is 5.87. The maximum atomic E-state index is 5.85. The van der Waals surface area contributed by atoms with Gasteiger partial charge in [-0.2, -0.15) is 5.10 Å². The largest absolute Gasteiger partial charge is 0.399 e. The molecule has 0 saturated heterocycles. The third kappa shape index (κ3) is 3.79. The molecule has 0 unspecified atom stereocenters. The average molecular weight is 375 g/mol. The minimum atomic E-state index is 0.528. The van der Waals surface area contributed by atoms with Gasteiger partial charge in [-0.3, -0.25) is 9.25 Å². The van der Waals surface area contributed by atoms with Crippen molar-refractivity contribution in [2.75, 3.05) is 7.11 Å². The average Bonchev–Trinajstić information content (AvgIpc) is 3.32. The molecule has 0 N–H and O–H groups in total. The third-order valence-electron chi connectivity index (χ3n) is 4.51. The molecule has 0 spiro atoms. The lowest BCUT2D eigenvalue weighted by atomic mass is 10.2. The summed E-state index contributed by atoms with van der Waals surface area (Å²) >= 11 is 0. The molecule has 0 fully saturated rings. The van der Waals surface area contributed by atoms with Gasteiger partial charge in [-0.15, -0.1) is 0 Å². The van der Waals surface area contributed by atoms with E-state index in [2.05, 4.69) is 38.0 Å². The number of imidazole rings is 1. The second-order valence-electron chi connectivity index (χ2n) is 6.39. The van der Waals surface area contributed by atoms with E-state index in [1.807, 2.05) is 48.4 Å². The highest BCUT2D eigenvalue weighted by Gasteiger charge is 2.07. The van der Waals surface area contributed by atoms with Crippen LogP contribution in [0.15, 0.2) is 66.2 Å². The number of ether oxygens (including phenoxy) is 1. The van der Waals surface area contributed by atoms with Crippen molar-refractivity contribution in [2.45, 2.75) is 13.2 Å². The molecule has 0 amide bonds. The van der Waals surface area contributed by atoms with Crippen molar-refractivity contribution in [3.63, 3.8) is 0 Å². The first kappa shape index (κ1) is 17.9. The predicted octanol–water partition coefficient (Wildman–Crippen LogP) is 3.46. The van der Waals surface area contributed by atoms with Crippen LogP contribution in [0.25, 0.3) is 16.7 Å². The van der Waals surface area contributed by atoms with E-state index < -0.39 is 0 Å². The standard InChI is InChI=1S/C21H21N5O2/c1-25-19(8-9-23-25)14-28-13-17-4-3-5-18(10-17)26-15-22-20-11-16(12-24-27-2)6-7-21(20)26/h3-12,15H,13-14H2,1-2H3. The van der Waals surface area contributed by atoms with Crippen molar-refractivity contribution in [1.82, 2.24) is 19.3 Å². The van der Waals surface area contributed by atoms with Gasteiger partial charge in [0, 0.05) is 18.9 Å². The number of oxime groups is 1. The second kappa shape index (κ2) is 8.06. The summed E-state index contributed by atoms with van der Waals surface area (Å²) in [7, 11) is 3.44. The minimum absolute atomic E-state index is 0.528. The van der Waals surface area contributed by atoms with Crippen molar-refractivity contribution in [2.24, 2.45) is 12.2 Å². The third-order valence-corrected chi connectivity index (χ3v) is 4.51. The van der Waals surface area contributed by atoms with Gasteiger partial charge in [0.05, 0.1) is 36.2 Å². The van der Waals surface area contributed by atoms with Crippen LogP contribution in [0.3, 0.4) is 0 Å². The summed E-state index contributed by atoms with van der Waals surface area (Å²) in [4.78, 5) is 9.25. The van der Waals surface area contributed by atoms with Gasteiger partial charge in [0.2, 0.25) is 0 Å². The Balaban J connectivity index is 1.52. The number of fused-ring (bicyclic) bond motifs is 1. The molecule has 7 heteroatoms. The SMILES string of the molecule is CON=Cc1ccc2c(c1)ncn2-c1cccc(COCc2ccnn2C)c1. The molecule has 0 bridgehead atoms. The molecule has 2 aromatic carbocycles. The Morgan fingerprint density at radius 3 is 2.86 bits per heavy atom. The van der Waals surface area contributed by atoms with Crippen LogP contribution in [0.4, 0.5) is 0 Å². The Kier molecular flexibility index (Phi) is 5.16. The zero-order valence-corrected chi connectivity index (χ0v) is 15.8.